The highest BCUT2D eigenvalue weighted by Crippen LogP contribution is 2.25. The topological polar surface area (TPSA) is 16.1 Å². The van der Waals surface area contributed by atoms with E-state index in [0.717, 1.165) is 28.1 Å². The fourth-order valence-electron chi connectivity index (χ4n) is 2.02. The molecule has 1 aromatic carbocycles. The molecule has 0 radical (unpaired) electrons. The summed E-state index contributed by atoms with van der Waals surface area (Å²) in [5, 5.41) is 0. The monoisotopic (exact) mass is 318 g/mol. The molecule has 0 unspecified atom stereocenters. The van der Waals surface area contributed by atoms with Crippen LogP contribution in [-0.2, 0) is 6.42 Å². The molecule has 2 aromatic rings. The Labute approximate surface area is 123 Å². The summed E-state index contributed by atoms with van der Waals surface area (Å²) in [5.74, 6) is 0.962. The molecule has 0 atom stereocenters. The van der Waals surface area contributed by atoms with Gasteiger partial charge in [0.1, 0.15) is 5.82 Å². The van der Waals surface area contributed by atoms with Crippen LogP contribution >= 0.6 is 15.9 Å². The molecule has 3 heteroatoms. The Morgan fingerprint density at radius 3 is 2.37 bits per heavy atom. The van der Waals surface area contributed by atoms with Gasteiger partial charge in [0.05, 0.1) is 5.69 Å². The lowest BCUT2D eigenvalue weighted by molar-refractivity contribution is 0.921. The molecule has 0 amide bonds. The van der Waals surface area contributed by atoms with Crippen LogP contribution in [-0.4, -0.2) is 12.0 Å². The molecular formula is C16H19BrN2. The predicted molar refractivity (Wildman–Crippen MR) is 85.2 cm³/mol. The quantitative estimate of drug-likeness (QED) is 0.799. The highest BCUT2D eigenvalue weighted by atomic mass is 79.9. The van der Waals surface area contributed by atoms with Gasteiger partial charge in [-0.2, -0.15) is 0 Å². The van der Waals surface area contributed by atoms with Crippen molar-refractivity contribution in [2.75, 3.05) is 11.9 Å². The van der Waals surface area contributed by atoms with E-state index < -0.39 is 0 Å². The molecule has 1 aromatic heterocycles. The number of halogens is 1. The molecule has 2 nitrogen and oxygen atoms in total. The van der Waals surface area contributed by atoms with E-state index in [4.69, 9.17) is 0 Å². The lowest BCUT2D eigenvalue weighted by Crippen LogP contribution is -2.11. The number of hydrogen-bond acceptors (Lipinski definition) is 2. The van der Waals surface area contributed by atoms with Crippen molar-refractivity contribution >= 4 is 27.4 Å². The molecule has 0 saturated heterocycles. The van der Waals surface area contributed by atoms with Gasteiger partial charge in [0, 0.05) is 17.2 Å². The van der Waals surface area contributed by atoms with Gasteiger partial charge in [0.15, 0.2) is 0 Å². The third kappa shape index (κ3) is 3.35. The normalized spacial score (nSPS) is 10.5. The maximum absolute atomic E-state index is 4.59. The molecule has 19 heavy (non-hydrogen) atoms. The van der Waals surface area contributed by atoms with Crippen LogP contribution in [0, 0.1) is 6.92 Å². The number of hydrogen-bond donors (Lipinski definition) is 0. The highest BCUT2D eigenvalue weighted by molar-refractivity contribution is 9.10. The predicted octanol–water partition coefficient (Wildman–Crippen LogP) is 4.87. The van der Waals surface area contributed by atoms with Gasteiger partial charge in [-0.1, -0.05) is 25.5 Å². The van der Waals surface area contributed by atoms with E-state index in [1.54, 1.807) is 0 Å². The Morgan fingerprint density at radius 2 is 1.79 bits per heavy atom. The number of aryl methyl sites for hydroxylation is 2. The maximum atomic E-state index is 4.59. The molecule has 0 bridgehead atoms. The van der Waals surface area contributed by atoms with Crippen molar-refractivity contribution in [2.24, 2.45) is 0 Å². The van der Waals surface area contributed by atoms with Gasteiger partial charge in [0.25, 0.3) is 0 Å². The molecule has 1 heterocycles. The number of benzene rings is 1. The first-order valence-electron chi connectivity index (χ1n) is 6.57. The Bertz CT molecular complexity index is 549. The number of rotatable bonds is 4. The van der Waals surface area contributed by atoms with Crippen LogP contribution in [0.25, 0.3) is 0 Å². The van der Waals surface area contributed by atoms with E-state index in [-0.39, 0.29) is 0 Å². The van der Waals surface area contributed by atoms with Crippen LogP contribution in [0.5, 0.6) is 0 Å². The van der Waals surface area contributed by atoms with Gasteiger partial charge < -0.3 is 4.90 Å². The second kappa shape index (κ2) is 6.20. The van der Waals surface area contributed by atoms with E-state index in [1.165, 1.54) is 12.0 Å². The smallest absolute Gasteiger partial charge is 0.133 e. The van der Waals surface area contributed by atoms with Crippen molar-refractivity contribution in [3.05, 3.63) is 52.1 Å². The second-order valence-electron chi connectivity index (χ2n) is 4.71. The molecule has 0 N–H and O–H groups in total. The zero-order valence-corrected chi connectivity index (χ0v) is 13.2. The Morgan fingerprint density at radius 1 is 1.11 bits per heavy atom. The van der Waals surface area contributed by atoms with E-state index in [2.05, 4.69) is 57.0 Å². The lowest BCUT2D eigenvalue weighted by atomic mass is 10.1. The van der Waals surface area contributed by atoms with Crippen LogP contribution in [0.15, 0.2) is 40.9 Å². The molecule has 0 aliphatic carbocycles. The first-order valence-corrected chi connectivity index (χ1v) is 7.37. The SMILES string of the molecule is CCCc1ccc(N(C)c2ccc(Br)c(C)n2)cc1. The fraction of sp³-hybridized carbons (Fsp3) is 0.312. The third-order valence-electron chi connectivity index (χ3n) is 3.21. The number of anilines is 2. The van der Waals surface area contributed by atoms with Gasteiger partial charge in [-0.25, -0.2) is 4.98 Å². The second-order valence-corrected chi connectivity index (χ2v) is 5.57. The summed E-state index contributed by atoms with van der Waals surface area (Å²) in [4.78, 5) is 6.69. The van der Waals surface area contributed by atoms with Crippen molar-refractivity contribution in [3.63, 3.8) is 0 Å². The maximum Gasteiger partial charge on any atom is 0.133 e. The molecule has 2 rings (SSSR count). The first-order chi connectivity index (χ1) is 9.11. The van der Waals surface area contributed by atoms with Gasteiger partial charge in [0.2, 0.25) is 0 Å². The summed E-state index contributed by atoms with van der Waals surface area (Å²) in [6, 6.07) is 12.8. The van der Waals surface area contributed by atoms with Crippen LogP contribution in [0.2, 0.25) is 0 Å². The first kappa shape index (κ1) is 14.1. The number of pyridine rings is 1. The van der Waals surface area contributed by atoms with Gasteiger partial charge in [-0.3, -0.25) is 0 Å². The molecule has 0 spiro atoms. The molecular weight excluding hydrogens is 300 g/mol. The van der Waals surface area contributed by atoms with Crippen molar-refractivity contribution in [2.45, 2.75) is 26.7 Å². The zero-order valence-electron chi connectivity index (χ0n) is 11.7. The summed E-state index contributed by atoms with van der Waals surface area (Å²) in [7, 11) is 2.05. The Hall–Kier alpha value is -1.35. The Kier molecular flexibility index (Phi) is 4.59. The summed E-state index contributed by atoms with van der Waals surface area (Å²) < 4.78 is 1.04. The van der Waals surface area contributed by atoms with Crippen LogP contribution in [0.4, 0.5) is 11.5 Å². The van der Waals surface area contributed by atoms with Crippen molar-refractivity contribution in [1.29, 1.82) is 0 Å². The molecule has 0 fully saturated rings. The van der Waals surface area contributed by atoms with Gasteiger partial charge >= 0.3 is 0 Å². The van der Waals surface area contributed by atoms with E-state index >= 15 is 0 Å². The third-order valence-corrected chi connectivity index (χ3v) is 4.05. The minimum Gasteiger partial charge on any atom is -0.329 e. The van der Waals surface area contributed by atoms with Gasteiger partial charge in [-0.05, 0) is 59.1 Å². The molecule has 0 aliphatic heterocycles. The van der Waals surface area contributed by atoms with Crippen molar-refractivity contribution in [1.82, 2.24) is 4.98 Å². The molecule has 100 valence electrons. The number of aromatic nitrogens is 1. The van der Waals surface area contributed by atoms with Crippen LogP contribution in [0.3, 0.4) is 0 Å². The summed E-state index contributed by atoms with van der Waals surface area (Å²) in [5.41, 5.74) is 3.56. The molecule has 0 aliphatic rings. The average molecular weight is 319 g/mol. The highest BCUT2D eigenvalue weighted by Gasteiger charge is 2.06. The summed E-state index contributed by atoms with van der Waals surface area (Å²) >= 11 is 3.48. The van der Waals surface area contributed by atoms with Crippen LogP contribution < -0.4 is 4.90 Å². The van der Waals surface area contributed by atoms with Crippen LogP contribution in [0.1, 0.15) is 24.6 Å². The van der Waals surface area contributed by atoms with E-state index in [0.29, 0.717) is 0 Å². The summed E-state index contributed by atoms with van der Waals surface area (Å²) in [6.07, 6.45) is 2.32. The van der Waals surface area contributed by atoms with E-state index in [1.807, 2.05) is 26.1 Å². The lowest BCUT2D eigenvalue weighted by Gasteiger charge is -2.19. The number of nitrogens with zero attached hydrogens (tertiary/aromatic N) is 2. The molecule has 0 saturated carbocycles. The standard InChI is InChI=1S/C16H19BrN2/c1-4-5-13-6-8-14(9-7-13)19(3)16-11-10-15(17)12(2)18-16/h6-11H,4-5H2,1-3H3. The van der Waals surface area contributed by atoms with Gasteiger partial charge in [-0.15, -0.1) is 0 Å². The Balaban J connectivity index is 2.22. The van der Waals surface area contributed by atoms with Crippen molar-refractivity contribution in [3.8, 4) is 0 Å². The fourth-order valence-corrected chi connectivity index (χ4v) is 2.25. The minimum absolute atomic E-state index is 0.962. The summed E-state index contributed by atoms with van der Waals surface area (Å²) in [6.45, 7) is 4.21. The van der Waals surface area contributed by atoms with Crippen molar-refractivity contribution < 1.29 is 0 Å². The van der Waals surface area contributed by atoms with E-state index in [9.17, 15) is 0 Å². The minimum atomic E-state index is 0.962. The largest absolute Gasteiger partial charge is 0.329 e. The zero-order chi connectivity index (χ0) is 13.8. The average Bonchev–Trinajstić information content (AvgIpc) is 2.42.